The van der Waals surface area contributed by atoms with Gasteiger partial charge in [0.2, 0.25) is 0 Å². The van der Waals surface area contributed by atoms with E-state index in [9.17, 15) is 13.2 Å². The molecule has 0 radical (unpaired) electrons. The molecule has 1 unspecified atom stereocenters. The summed E-state index contributed by atoms with van der Waals surface area (Å²) in [5, 5.41) is 4.00. The molecule has 26 heavy (non-hydrogen) atoms. The molecule has 0 saturated carbocycles. The molecule has 0 spiro atoms. The van der Waals surface area contributed by atoms with E-state index in [0.717, 1.165) is 11.8 Å². The van der Waals surface area contributed by atoms with Gasteiger partial charge >= 0.3 is 6.18 Å². The molecule has 1 atom stereocenters. The Morgan fingerprint density at radius 3 is 2.27 bits per heavy atom. The van der Waals surface area contributed by atoms with E-state index in [1.54, 1.807) is 35.3 Å². The Morgan fingerprint density at radius 1 is 1.04 bits per heavy atom. The number of aromatic nitrogens is 3. The van der Waals surface area contributed by atoms with Gasteiger partial charge in [0.25, 0.3) is 0 Å². The minimum Gasteiger partial charge on any atom is -0.497 e. The van der Waals surface area contributed by atoms with Crippen LogP contribution in [0.5, 0.6) is 5.75 Å². The van der Waals surface area contributed by atoms with Crippen LogP contribution >= 0.6 is 0 Å². The number of benzene rings is 2. The summed E-state index contributed by atoms with van der Waals surface area (Å²) in [4.78, 5) is 3.86. The van der Waals surface area contributed by atoms with E-state index in [1.807, 2.05) is 0 Å². The van der Waals surface area contributed by atoms with Gasteiger partial charge in [0.1, 0.15) is 18.4 Å². The second-order valence-corrected chi connectivity index (χ2v) is 5.58. The van der Waals surface area contributed by atoms with Gasteiger partial charge in [-0.3, -0.25) is 0 Å². The van der Waals surface area contributed by atoms with Crippen LogP contribution in [0.4, 0.5) is 13.2 Å². The Morgan fingerprint density at radius 2 is 1.73 bits per heavy atom. The first-order valence-electron chi connectivity index (χ1n) is 7.81. The van der Waals surface area contributed by atoms with Gasteiger partial charge in [-0.1, -0.05) is 36.4 Å². The summed E-state index contributed by atoms with van der Waals surface area (Å²) in [6, 6.07) is 12.9. The van der Waals surface area contributed by atoms with Crippen LogP contribution < -0.4 is 4.74 Å². The maximum atomic E-state index is 13.4. The molecule has 7 heteroatoms. The number of rotatable bonds is 5. The van der Waals surface area contributed by atoms with Crippen LogP contribution in [0.1, 0.15) is 17.0 Å². The molecule has 0 aliphatic heterocycles. The molecule has 4 nitrogen and oxygen atoms in total. The van der Waals surface area contributed by atoms with Crippen molar-refractivity contribution in [3.05, 3.63) is 78.4 Å². The molecule has 134 valence electrons. The van der Waals surface area contributed by atoms with Gasteiger partial charge in [0.15, 0.2) is 0 Å². The molecule has 0 aliphatic rings. The maximum Gasteiger partial charge on any atom is 0.399 e. The van der Waals surface area contributed by atoms with Gasteiger partial charge in [-0.25, -0.2) is 9.67 Å². The van der Waals surface area contributed by atoms with Gasteiger partial charge in [0, 0.05) is 0 Å². The SMILES string of the molecule is COc1ccc(C(/C=C/c2ccc(-n3cncn3)cc2)C(F)(F)F)cc1. The number of hydrogen-bond acceptors (Lipinski definition) is 3. The lowest BCUT2D eigenvalue weighted by Crippen LogP contribution is -2.18. The van der Waals surface area contributed by atoms with Crippen molar-refractivity contribution in [3.8, 4) is 11.4 Å². The zero-order valence-electron chi connectivity index (χ0n) is 13.9. The summed E-state index contributed by atoms with van der Waals surface area (Å²) in [6.45, 7) is 0. The number of hydrogen-bond donors (Lipinski definition) is 0. The first-order valence-corrected chi connectivity index (χ1v) is 7.81. The normalized spacial score (nSPS) is 13.1. The topological polar surface area (TPSA) is 39.9 Å². The van der Waals surface area contributed by atoms with Crippen LogP contribution in [0.2, 0.25) is 0 Å². The Kier molecular flexibility index (Phi) is 5.06. The number of alkyl halides is 3. The predicted molar refractivity (Wildman–Crippen MR) is 92.2 cm³/mol. The minimum absolute atomic E-state index is 0.161. The molecule has 0 bridgehead atoms. The molecular formula is C19H16F3N3O. The number of methoxy groups -OCH3 is 1. The van der Waals surface area contributed by atoms with Gasteiger partial charge in [-0.05, 0) is 35.4 Å². The van der Waals surface area contributed by atoms with Crippen molar-refractivity contribution in [2.24, 2.45) is 0 Å². The molecular weight excluding hydrogens is 343 g/mol. The van der Waals surface area contributed by atoms with E-state index >= 15 is 0 Å². The first kappa shape index (κ1) is 17.7. The molecule has 1 heterocycles. The molecule has 2 aromatic carbocycles. The Labute approximate surface area is 148 Å². The Bertz CT molecular complexity index is 855. The number of allylic oxidation sites excluding steroid dienone is 1. The molecule has 3 rings (SSSR count). The Balaban J connectivity index is 1.82. The number of nitrogens with zero attached hydrogens (tertiary/aromatic N) is 3. The minimum atomic E-state index is -4.38. The van der Waals surface area contributed by atoms with E-state index in [1.165, 1.54) is 43.8 Å². The van der Waals surface area contributed by atoms with Crippen LogP contribution in [0.15, 0.2) is 67.3 Å². The van der Waals surface area contributed by atoms with E-state index in [2.05, 4.69) is 10.1 Å². The highest BCUT2D eigenvalue weighted by Crippen LogP contribution is 2.37. The van der Waals surface area contributed by atoms with Crippen LogP contribution in [0, 0.1) is 0 Å². The lowest BCUT2D eigenvalue weighted by atomic mass is 9.97. The van der Waals surface area contributed by atoms with Crippen LogP contribution in [0.25, 0.3) is 11.8 Å². The highest BCUT2D eigenvalue weighted by Gasteiger charge is 2.38. The summed E-state index contributed by atoms with van der Waals surface area (Å²) in [5.41, 5.74) is 1.60. The lowest BCUT2D eigenvalue weighted by molar-refractivity contribution is -0.139. The summed E-state index contributed by atoms with van der Waals surface area (Å²) in [5.74, 6) is -1.18. The number of halogens is 3. The molecule has 0 amide bonds. The third kappa shape index (κ3) is 4.11. The third-order valence-corrected chi connectivity index (χ3v) is 3.89. The molecule has 1 aromatic heterocycles. The van der Waals surface area contributed by atoms with Gasteiger partial charge in [-0.2, -0.15) is 18.3 Å². The van der Waals surface area contributed by atoms with E-state index in [4.69, 9.17) is 4.74 Å². The molecule has 0 aliphatic carbocycles. The summed E-state index contributed by atoms with van der Waals surface area (Å²) in [6.07, 6.45) is 1.20. The average molecular weight is 359 g/mol. The van der Waals surface area contributed by atoms with Crippen LogP contribution in [-0.4, -0.2) is 28.1 Å². The standard InChI is InChI=1S/C19H16F3N3O/c1-26-17-9-5-15(6-10-17)18(19(20,21)22)11-4-14-2-7-16(8-3-14)25-13-23-12-24-25/h2-13,18H,1H3/b11-4+. The zero-order chi connectivity index (χ0) is 18.6. The molecule has 3 aromatic rings. The fourth-order valence-electron chi connectivity index (χ4n) is 2.51. The first-order chi connectivity index (χ1) is 12.5. The van der Waals surface area contributed by atoms with E-state index < -0.39 is 12.1 Å². The predicted octanol–water partition coefficient (Wildman–Crippen LogP) is 4.64. The average Bonchev–Trinajstić information content (AvgIpc) is 3.16. The van der Waals surface area contributed by atoms with Crippen molar-refractivity contribution in [1.82, 2.24) is 14.8 Å². The van der Waals surface area contributed by atoms with Crippen molar-refractivity contribution in [2.75, 3.05) is 7.11 Å². The second-order valence-electron chi connectivity index (χ2n) is 5.58. The van der Waals surface area contributed by atoms with Crippen molar-refractivity contribution in [3.63, 3.8) is 0 Å². The van der Waals surface area contributed by atoms with E-state index in [0.29, 0.717) is 11.3 Å². The number of ether oxygens (including phenoxy) is 1. The summed E-state index contributed by atoms with van der Waals surface area (Å²) in [7, 11) is 1.47. The fraction of sp³-hybridized carbons (Fsp3) is 0.158. The van der Waals surface area contributed by atoms with Crippen LogP contribution in [0.3, 0.4) is 0 Å². The van der Waals surface area contributed by atoms with Crippen molar-refractivity contribution >= 4 is 6.08 Å². The van der Waals surface area contributed by atoms with Gasteiger partial charge in [-0.15, -0.1) is 0 Å². The smallest absolute Gasteiger partial charge is 0.399 e. The largest absolute Gasteiger partial charge is 0.497 e. The molecule has 0 fully saturated rings. The van der Waals surface area contributed by atoms with Gasteiger partial charge < -0.3 is 4.74 Å². The van der Waals surface area contributed by atoms with Crippen molar-refractivity contribution in [2.45, 2.75) is 12.1 Å². The third-order valence-electron chi connectivity index (χ3n) is 3.89. The lowest BCUT2D eigenvalue weighted by Gasteiger charge is -2.17. The highest BCUT2D eigenvalue weighted by molar-refractivity contribution is 5.53. The van der Waals surface area contributed by atoms with Crippen molar-refractivity contribution < 1.29 is 17.9 Å². The monoisotopic (exact) mass is 359 g/mol. The molecule has 0 saturated heterocycles. The summed E-state index contributed by atoms with van der Waals surface area (Å²) < 4.78 is 46.9. The summed E-state index contributed by atoms with van der Waals surface area (Å²) >= 11 is 0. The Hall–Kier alpha value is -3.09. The fourth-order valence-corrected chi connectivity index (χ4v) is 2.51. The zero-order valence-corrected chi connectivity index (χ0v) is 13.9. The highest BCUT2D eigenvalue weighted by atomic mass is 19.4. The van der Waals surface area contributed by atoms with Gasteiger partial charge in [0.05, 0.1) is 18.7 Å². The van der Waals surface area contributed by atoms with Crippen molar-refractivity contribution in [1.29, 1.82) is 0 Å². The maximum absolute atomic E-state index is 13.4. The van der Waals surface area contributed by atoms with E-state index in [-0.39, 0.29) is 5.56 Å². The quantitative estimate of drug-likeness (QED) is 0.667. The van der Waals surface area contributed by atoms with Crippen LogP contribution in [-0.2, 0) is 0 Å². The molecule has 0 N–H and O–H groups in total. The second kappa shape index (κ2) is 7.43.